The van der Waals surface area contributed by atoms with Crippen LogP contribution in [0.4, 0.5) is 0 Å². The van der Waals surface area contributed by atoms with Crippen molar-refractivity contribution in [3.63, 3.8) is 0 Å². The van der Waals surface area contributed by atoms with Crippen LogP contribution in [-0.4, -0.2) is 25.1 Å². The second kappa shape index (κ2) is 9.37. The van der Waals surface area contributed by atoms with Crippen LogP contribution in [0.25, 0.3) is 0 Å². The Hall–Kier alpha value is -1.55. The normalized spacial score (nSPS) is 11.9. The van der Waals surface area contributed by atoms with E-state index in [4.69, 9.17) is 10.5 Å². The molecule has 0 aliphatic heterocycles. The molecular weight excluding hydrogens is 252 g/mol. The van der Waals surface area contributed by atoms with Crippen molar-refractivity contribution >= 4 is 5.91 Å². The Kier molecular flexibility index (Phi) is 7.73. The van der Waals surface area contributed by atoms with E-state index >= 15 is 0 Å². The van der Waals surface area contributed by atoms with Crippen molar-refractivity contribution in [1.29, 1.82) is 0 Å². The van der Waals surface area contributed by atoms with Gasteiger partial charge in [0.1, 0.15) is 5.75 Å². The van der Waals surface area contributed by atoms with Crippen molar-refractivity contribution < 1.29 is 9.53 Å². The molecule has 1 aromatic rings. The summed E-state index contributed by atoms with van der Waals surface area (Å²) in [5.74, 6) is 0.647. The zero-order valence-electron chi connectivity index (χ0n) is 12.5. The van der Waals surface area contributed by atoms with Gasteiger partial charge in [-0.2, -0.15) is 0 Å². The minimum atomic E-state index is -0.475. The predicted octanol–water partition coefficient (Wildman–Crippen LogP) is 2.26. The quantitative estimate of drug-likeness (QED) is 0.681. The summed E-state index contributed by atoms with van der Waals surface area (Å²) >= 11 is 0. The number of nitrogens with one attached hydrogen (secondary N) is 1. The third-order valence-corrected chi connectivity index (χ3v) is 3.12. The zero-order chi connectivity index (χ0) is 14.8. The number of benzene rings is 1. The number of amides is 1. The number of hydrogen-bond acceptors (Lipinski definition) is 3. The Morgan fingerprint density at radius 3 is 2.60 bits per heavy atom. The minimum absolute atomic E-state index is 0.0628. The first kappa shape index (κ1) is 16.5. The molecule has 1 amide bonds. The summed E-state index contributed by atoms with van der Waals surface area (Å²) in [5, 5.41) is 2.89. The molecule has 1 aromatic carbocycles. The van der Waals surface area contributed by atoms with Crippen LogP contribution in [0.15, 0.2) is 24.3 Å². The molecule has 0 aliphatic rings. The van der Waals surface area contributed by atoms with Crippen molar-refractivity contribution in [2.24, 2.45) is 5.73 Å². The summed E-state index contributed by atoms with van der Waals surface area (Å²) in [4.78, 5) is 11.8. The van der Waals surface area contributed by atoms with E-state index in [-0.39, 0.29) is 5.91 Å². The molecule has 3 N–H and O–H groups in total. The van der Waals surface area contributed by atoms with Crippen molar-refractivity contribution in [2.45, 2.75) is 45.6 Å². The maximum atomic E-state index is 11.8. The third kappa shape index (κ3) is 6.06. The van der Waals surface area contributed by atoms with Gasteiger partial charge in [-0.1, -0.05) is 31.9 Å². The van der Waals surface area contributed by atoms with Crippen molar-refractivity contribution in [3.8, 4) is 5.75 Å². The topological polar surface area (TPSA) is 64.3 Å². The first-order valence-corrected chi connectivity index (χ1v) is 7.40. The fourth-order valence-corrected chi connectivity index (χ4v) is 1.89. The lowest BCUT2D eigenvalue weighted by Gasteiger charge is -2.15. The van der Waals surface area contributed by atoms with Gasteiger partial charge in [-0.05, 0) is 44.0 Å². The lowest BCUT2D eigenvalue weighted by atomic mass is 10.1. The molecule has 1 atom stereocenters. The molecule has 0 saturated carbocycles. The first-order valence-electron chi connectivity index (χ1n) is 7.40. The van der Waals surface area contributed by atoms with Crippen molar-refractivity contribution in [2.75, 3.05) is 13.1 Å². The molecule has 0 saturated heterocycles. The summed E-state index contributed by atoms with van der Waals surface area (Å²) in [5.41, 5.74) is 6.68. The van der Waals surface area contributed by atoms with E-state index in [0.29, 0.717) is 12.3 Å². The molecule has 1 unspecified atom stereocenters. The maximum Gasteiger partial charge on any atom is 0.260 e. The summed E-state index contributed by atoms with van der Waals surface area (Å²) in [6.45, 7) is 5.26. The number of carbonyl (C=O) groups excluding carboxylic acids is 1. The second-order valence-electron chi connectivity index (χ2n) is 4.94. The number of ether oxygens (including phenoxy) is 1. The Bertz CT molecular complexity index is 390. The van der Waals surface area contributed by atoms with Gasteiger partial charge in [0, 0.05) is 6.54 Å². The average molecular weight is 278 g/mol. The van der Waals surface area contributed by atoms with E-state index in [1.807, 2.05) is 24.3 Å². The van der Waals surface area contributed by atoms with Crippen LogP contribution in [0, 0.1) is 0 Å². The molecule has 0 fully saturated rings. The van der Waals surface area contributed by atoms with Gasteiger partial charge in [-0.3, -0.25) is 4.79 Å². The molecule has 0 bridgehead atoms. The first-order chi connectivity index (χ1) is 9.67. The molecule has 0 radical (unpaired) electrons. The molecular formula is C16H26N2O2. The van der Waals surface area contributed by atoms with E-state index < -0.39 is 6.10 Å². The van der Waals surface area contributed by atoms with Crippen molar-refractivity contribution in [1.82, 2.24) is 5.32 Å². The van der Waals surface area contributed by atoms with Gasteiger partial charge >= 0.3 is 0 Å². The average Bonchev–Trinajstić information content (AvgIpc) is 2.45. The van der Waals surface area contributed by atoms with Gasteiger partial charge in [-0.25, -0.2) is 0 Å². The smallest absolute Gasteiger partial charge is 0.260 e. The van der Waals surface area contributed by atoms with Gasteiger partial charge < -0.3 is 15.8 Å². The lowest BCUT2D eigenvalue weighted by Crippen LogP contribution is -2.36. The van der Waals surface area contributed by atoms with Gasteiger partial charge in [-0.15, -0.1) is 0 Å². The summed E-state index contributed by atoms with van der Waals surface area (Å²) in [6.07, 6.45) is 3.68. The molecule has 0 spiro atoms. The summed E-state index contributed by atoms with van der Waals surface area (Å²) in [7, 11) is 0. The maximum absolute atomic E-state index is 11.8. The third-order valence-electron chi connectivity index (χ3n) is 3.12. The molecule has 0 aliphatic carbocycles. The summed E-state index contributed by atoms with van der Waals surface area (Å²) in [6, 6.07) is 7.72. The Morgan fingerprint density at radius 2 is 2.00 bits per heavy atom. The van der Waals surface area contributed by atoms with Crippen LogP contribution in [0.3, 0.4) is 0 Å². The Morgan fingerprint density at radius 1 is 1.30 bits per heavy atom. The van der Waals surface area contributed by atoms with Gasteiger partial charge in [0.25, 0.3) is 5.91 Å². The molecule has 4 nitrogen and oxygen atoms in total. The van der Waals surface area contributed by atoms with E-state index in [1.54, 1.807) is 6.92 Å². The number of unbranched alkanes of at least 4 members (excludes halogenated alkanes) is 2. The zero-order valence-corrected chi connectivity index (χ0v) is 12.5. The SMILES string of the molecule is CCCCCNC(=O)C(C)Oc1ccc(CCN)cc1. The van der Waals surface area contributed by atoms with Gasteiger partial charge in [0.2, 0.25) is 0 Å². The van der Waals surface area contributed by atoms with E-state index in [2.05, 4.69) is 12.2 Å². The molecule has 112 valence electrons. The summed E-state index contributed by atoms with van der Waals surface area (Å²) < 4.78 is 5.62. The molecule has 1 rings (SSSR count). The molecule has 20 heavy (non-hydrogen) atoms. The molecule has 0 aromatic heterocycles. The van der Waals surface area contributed by atoms with Crippen molar-refractivity contribution in [3.05, 3.63) is 29.8 Å². The number of nitrogens with two attached hydrogens (primary N) is 1. The van der Waals surface area contributed by atoms with Gasteiger partial charge in [0.15, 0.2) is 6.10 Å². The van der Waals surface area contributed by atoms with E-state index in [1.165, 1.54) is 5.56 Å². The number of carbonyl (C=O) groups is 1. The second-order valence-corrected chi connectivity index (χ2v) is 4.94. The Balaban J connectivity index is 2.36. The van der Waals surface area contributed by atoms with Crippen LogP contribution in [-0.2, 0) is 11.2 Å². The highest BCUT2D eigenvalue weighted by molar-refractivity contribution is 5.80. The van der Waals surface area contributed by atoms with Crippen LogP contribution >= 0.6 is 0 Å². The van der Waals surface area contributed by atoms with Crippen LogP contribution in [0.5, 0.6) is 5.75 Å². The van der Waals surface area contributed by atoms with Crippen LogP contribution in [0.2, 0.25) is 0 Å². The van der Waals surface area contributed by atoms with Gasteiger partial charge in [0.05, 0.1) is 0 Å². The standard InChI is InChI=1S/C16H26N2O2/c1-3-4-5-12-18-16(19)13(2)20-15-8-6-14(7-9-15)10-11-17/h6-9,13H,3-5,10-12,17H2,1-2H3,(H,18,19). The van der Waals surface area contributed by atoms with Crippen LogP contribution in [0.1, 0.15) is 38.7 Å². The van der Waals surface area contributed by atoms with E-state index in [9.17, 15) is 4.79 Å². The lowest BCUT2D eigenvalue weighted by molar-refractivity contribution is -0.127. The molecule has 4 heteroatoms. The monoisotopic (exact) mass is 278 g/mol. The predicted molar refractivity (Wildman–Crippen MR) is 81.8 cm³/mol. The highest BCUT2D eigenvalue weighted by atomic mass is 16.5. The highest BCUT2D eigenvalue weighted by Crippen LogP contribution is 2.14. The highest BCUT2D eigenvalue weighted by Gasteiger charge is 2.13. The minimum Gasteiger partial charge on any atom is -0.481 e. The fourth-order valence-electron chi connectivity index (χ4n) is 1.89. The largest absolute Gasteiger partial charge is 0.481 e. The number of rotatable bonds is 9. The van der Waals surface area contributed by atoms with Crippen LogP contribution < -0.4 is 15.8 Å². The number of hydrogen-bond donors (Lipinski definition) is 2. The fraction of sp³-hybridized carbons (Fsp3) is 0.562. The van der Waals surface area contributed by atoms with E-state index in [0.717, 1.165) is 32.2 Å². The Labute approximate surface area is 121 Å². The molecule has 0 heterocycles.